The smallest absolute Gasteiger partial charge is 0.319 e. The zero-order valence-electron chi connectivity index (χ0n) is 13.1. The van der Waals surface area contributed by atoms with Crippen molar-refractivity contribution < 1.29 is 9.59 Å². The molecular weight excluding hydrogens is 280 g/mol. The highest BCUT2D eigenvalue weighted by Crippen LogP contribution is 2.28. The number of hydrogen-bond acceptors (Lipinski definition) is 3. The molecule has 4 N–H and O–H groups in total. The minimum absolute atomic E-state index is 0.0122. The van der Waals surface area contributed by atoms with Crippen molar-refractivity contribution in [2.45, 2.75) is 26.3 Å². The van der Waals surface area contributed by atoms with Gasteiger partial charge in [0, 0.05) is 18.8 Å². The van der Waals surface area contributed by atoms with Gasteiger partial charge in [-0.1, -0.05) is 25.1 Å². The lowest BCUT2D eigenvalue weighted by Crippen LogP contribution is -2.48. The summed E-state index contributed by atoms with van der Waals surface area (Å²) in [6, 6.07) is 8.18. The second-order valence-corrected chi connectivity index (χ2v) is 6.21. The lowest BCUT2D eigenvalue weighted by molar-refractivity contribution is -0.132. The maximum Gasteiger partial charge on any atom is 0.319 e. The third kappa shape index (κ3) is 3.98. The Bertz CT molecular complexity index is 534. The van der Waals surface area contributed by atoms with E-state index in [1.165, 1.54) is 0 Å². The van der Waals surface area contributed by atoms with Crippen LogP contribution in [0.2, 0.25) is 0 Å². The van der Waals surface area contributed by atoms with E-state index in [2.05, 4.69) is 17.6 Å². The first kappa shape index (κ1) is 16.3. The van der Waals surface area contributed by atoms with Crippen LogP contribution in [0.4, 0.5) is 10.5 Å². The van der Waals surface area contributed by atoms with Crippen LogP contribution in [0.5, 0.6) is 0 Å². The van der Waals surface area contributed by atoms with Crippen LogP contribution in [-0.4, -0.2) is 42.5 Å². The number of urea groups is 1. The molecule has 6 heteroatoms. The minimum Gasteiger partial charge on any atom is -0.340 e. The number of carbonyl (C=O) groups is 2. The van der Waals surface area contributed by atoms with E-state index in [0.717, 1.165) is 6.42 Å². The second-order valence-electron chi connectivity index (χ2n) is 6.21. The summed E-state index contributed by atoms with van der Waals surface area (Å²) in [4.78, 5) is 26.1. The molecule has 2 atom stereocenters. The number of benzene rings is 1. The van der Waals surface area contributed by atoms with Gasteiger partial charge in [-0.2, -0.15) is 0 Å². The molecule has 22 heavy (non-hydrogen) atoms. The lowest BCUT2D eigenvalue weighted by atomic mass is 9.90. The number of carbonyl (C=O) groups excluding carboxylic acids is 2. The summed E-state index contributed by atoms with van der Waals surface area (Å²) in [5.74, 6) is -0.0691. The average molecular weight is 304 g/mol. The molecule has 0 saturated carbocycles. The number of amides is 3. The Morgan fingerprint density at radius 1 is 1.36 bits per heavy atom. The van der Waals surface area contributed by atoms with Gasteiger partial charge in [-0.15, -0.1) is 0 Å². The van der Waals surface area contributed by atoms with Crippen LogP contribution < -0.4 is 16.4 Å². The number of likely N-dealkylation sites (tertiary alicyclic amines) is 1. The molecule has 6 nitrogen and oxygen atoms in total. The van der Waals surface area contributed by atoms with E-state index in [1.807, 2.05) is 18.2 Å². The quantitative estimate of drug-likeness (QED) is 0.785. The Morgan fingerprint density at radius 3 is 2.64 bits per heavy atom. The summed E-state index contributed by atoms with van der Waals surface area (Å²) in [6.07, 6.45) is 0.901. The third-order valence-electron chi connectivity index (χ3n) is 4.11. The molecule has 0 bridgehead atoms. The van der Waals surface area contributed by atoms with Crippen LogP contribution in [0.15, 0.2) is 30.3 Å². The number of hydrogen-bond donors (Lipinski definition) is 3. The van der Waals surface area contributed by atoms with Crippen molar-refractivity contribution >= 4 is 17.6 Å². The predicted octanol–water partition coefficient (Wildman–Crippen LogP) is 1.39. The summed E-state index contributed by atoms with van der Waals surface area (Å²) < 4.78 is 0. The van der Waals surface area contributed by atoms with Crippen LogP contribution in [0.25, 0.3) is 0 Å². The zero-order chi connectivity index (χ0) is 16.2. The zero-order valence-corrected chi connectivity index (χ0v) is 13.1. The van der Waals surface area contributed by atoms with Gasteiger partial charge in [0.15, 0.2) is 0 Å². The van der Waals surface area contributed by atoms with Gasteiger partial charge in [0.25, 0.3) is 0 Å². The van der Waals surface area contributed by atoms with Crippen molar-refractivity contribution in [2.75, 3.05) is 25.0 Å². The highest BCUT2D eigenvalue weighted by atomic mass is 16.2. The largest absolute Gasteiger partial charge is 0.340 e. The Balaban J connectivity index is 1.85. The van der Waals surface area contributed by atoms with Gasteiger partial charge < -0.3 is 21.3 Å². The molecule has 3 amide bonds. The van der Waals surface area contributed by atoms with Crippen molar-refractivity contribution in [3.05, 3.63) is 30.3 Å². The van der Waals surface area contributed by atoms with Gasteiger partial charge in [0.2, 0.25) is 5.91 Å². The van der Waals surface area contributed by atoms with Crippen molar-refractivity contribution in [3.8, 4) is 0 Å². The summed E-state index contributed by atoms with van der Waals surface area (Å²) in [7, 11) is 0. The summed E-state index contributed by atoms with van der Waals surface area (Å²) in [5.41, 5.74) is 6.43. The van der Waals surface area contributed by atoms with Crippen LogP contribution >= 0.6 is 0 Å². The monoisotopic (exact) mass is 304 g/mol. The molecule has 1 heterocycles. The topological polar surface area (TPSA) is 87.5 Å². The number of anilines is 1. The molecule has 1 saturated heterocycles. The fourth-order valence-corrected chi connectivity index (χ4v) is 2.60. The number of nitrogens with two attached hydrogens (primary N) is 1. The van der Waals surface area contributed by atoms with E-state index in [0.29, 0.717) is 25.3 Å². The number of para-hydroxylation sites is 1. The van der Waals surface area contributed by atoms with E-state index in [1.54, 1.807) is 24.0 Å². The molecule has 0 radical (unpaired) electrons. The van der Waals surface area contributed by atoms with Crippen LogP contribution in [0, 0.1) is 5.41 Å². The first-order valence-corrected chi connectivity index (χ1v) is 7.55. The van der Waals surface area contributed by atoms with Gasteiger partial charge in [-0.3, -0.25) is 4.79 Å². The van der Waals surface area contributed by atoms with Gasteiger partial charge >= 0.3 is 6.03 Å². The van der Waals surface area contributed by atoms with E-state index in [9.17, 15) is 9.59 Å². The third-order valence-corrected chi connectivity index (χ3v) is 4.11. The fourth-order valence-electron chi connectivity index (χ4n) is 2.60. The van der Waals surface area contributed by atoms with Crippen LogP contribution in [0.1, 0.15) is 20.3 Å². The predicted molar refractivity (Wildman–Crippen MR) is 86.4 cm³/mol. The molecule has 1 aromatic carbocycles. The number of rotatable bonds is 4. The molecule has 120 valence electrons. The van der Waals surface area contributed by atoms with E-state index in [-0.39, 0.29) is 17.4 Å². The maximum atomic E-state index is 12.4. The maximum absolute atomic E-state index is 12.4. The second kappa shape index (κ2) is 6.79. The molecular formula is C16H24N4O2. The molecule has 0 spiro atoms. The Morgan fingerprint density at radius 2 is 2.05 bits per heavy atom. The number of nitrogens with one attached hydrogen (secondary N) is 2. The highest BCUT2D eigenvalue weighted by molar-refractivity contribution is 5.93. The molecule has 1 fully saturated rings. The van der Waals surface area contributed by atoms with E-state index >= 15 is 0 Å². The standard InChI is InChI=1S/C16H24N4O2/c1-12(14(21)20-9-8-16(2,10-17)11-20)18-15(22)19-13-6-4-3-5-7-13/h3-7,12H,8-11,17H2,1-2H3,(H2,18,19,22). The molecule has 2 unspecified atom stereocenters. The van der Waals surface area contributed by atoms with Crippen molar-refractivity contribution in [1.82, 2.24) is 10.2 Å². The van der Waals surface area contributed by atoms with Crippen LogP contribution in [-0.2, 0) is 4.79 Å². The minimum atomic E-state index is -0.566. The van der Waals surface area contributed by atoms with E-state index in [4.69, 9.17) is 5.73 Å². The molecule has 0 aliphatic carbocycles. The molecule has 1 aromatic rings. The van der Waals surface area contributed by atoms with Crippen LogP contribution in [0.3, 0.4) is 0 Å². The van der Waals surface area contributed by atoms with Gasteiger partial charge in [0.1, 0.15) is 6.04 Å². The van der Waals surface area contributed by atoms with Crippen molar-refractivity contribution in [3.63, 3.8) is 0 Å². The summed E-state index contributed by atoms with van der Waals surface area (Å²) in [5, 5.41) is 5.38. The molecule has 2 rings (SSSR count). The molecule has 0 aromatic heterocycles. The lowest BCUT2D eigenvalue weighted by Gasteiger charge is -2.25. The van der Waals surface area contributed by atoms with E-state index < -0.39 is 6.04 Å². The highest BCUT2D eigenvalue weighted by Gasteiger charge is 2.36. The normalized spacial score (nSPS) is 22.2. The molecule has 1 aliphatic rings. The van der Waals surface area contributed by atoms with Gasteiger partial charge in [0.05, 0.1) is 0 Å². The van der Waals surface area contributed by atoms with Crippen molar-refractivity contribution in [1.29, 1.82) is 0 Å². The van der Waals surface area contributed by atoms with Crippen molar-refractivity contribution in [2.24, 2.45) is 11.1 Å². The first-order valence-electron chi connectivity index (χ1n) is 7.55. The SMILES string of the molecule is CC(NC(=O)Nc1ccccc1)C(=O)N1CCC(C)(CN)C1. The Kier molecular flexibility index (Phi) is 5.03. The first-order chi connectivity index (χ1) is 10.4. The summed E-state index contributed by atoms with van der Waals surface area (Å²) >= 11 is 0. The summed E-state index contributed by atoms with van der Waals surface area (Å²) in [6.45, 7) is 5.69. The Labute approximate surface area is 131 Å². The van der Waals surface area contributed by atoms with Gasteiger partial charge in [-0.25, -0.2) is 4.79 Å². The average Bonchev–Trinajstić information content (AvgIpc) is 2.90. The Hall–Kier alpha value is -2.08. The fraction of sp³-hybridized carbons (Fsp3) is 0.500. The molecule has 1 aliphatic heterocycles. The number of nitrogens with zero attached hydrogens (tertiary/aromatic N) is 1. The van der Waals surface area contributed by atoms with Gasteiger partial charge in [-0.05, 0) is 37.4 Å².